The minimum Gasteiger partial charge on any atom is -0.492 e. The molecule has 1 aromatic rings. The molecule has 0 aromatic heterocycles. The molecule has 0 atom stereocenters. The Balaban J connectivity index is 2.29. The number of aliphatic imine (C=N–C) groups is 1. The van der Waals surface area contributed by atoms with E-state index in [1.54, 1.807) is 19.2 Å². The lowest BCUT2D eigenvalue weighted by atomic mass is 9.96. The van der Waals surface area contributed by atoms with E-state index in [0.29, 0.717) is 38.0 Å². The normalized spacial score (nSPS) is 11.8. The van der Waals surface area contributed by atoms with Crippen LogP contribution >= 0.6 is 0 Å². The van der Waals surface area contributed by atoms with Gasteiger partial charge >= 0.3 is 0 Å². The lowest BCUT2D eigenvalue weighted by Gasteiger charge is -2.23. The number of rotatable bonds is 7. The summed E-state index contributed by atoms with van der Waals surface area (Å²) in [6.07, 6.45) is 0. The van der Waals surface area contributed by atoms with Crippen LogP contribution in [0.4, 0.5) is 4.39 Å². The Kier molecular flexibility index (Phi) is 8.18. The van der Waals surface area contributed by atoms with Crippen molar-refractivity contribution in [2.75, 3.05) is 40.3 Å². The van der Waals surface area contributed by atoms with Crippen molar-refractivity contribution in [1.82, 2.24) is 15.5 Å². The monoisotopic (exact) mass is 352 g/mol. The molecule has 2 N–H and O–H groups in total. The summed E-state index contributed by atoms with van der Waals surface area (Å²) in [5.74, 6) is 1.08. The SMILES string of the molecule is CN=C(NCCNC(=O)C(C)(C)C)N(C)CCOc1ccc(F)cc1. The van der Waals surface area contributed by atoms with E-state index < -0.39 is 5.41 Å². The van der Waals surface area contributed by atoms with Crippen LogP contribution in [0.5, 0.6) is 5.75 Å². The van der Waals surface area contributed by atoms with Gasteiger partial charge in [0.2, 0.25) is 5.91 Å². The highest BCUT2D eigenvalue weighted by Gasteiger charge is 2.20. The first-order valence-electron chi connectivity index (χ1n) is 8.32. The summed E-state index contributed by atoms with van der Waals surface area (Å²) in [5.41, 5.74) is -0.393. The first kappa shape index (κ1) is 20.7. The molecule has 0 aliphatic rings. The maximum atomic E-state index is 12.8. The minimum atomic E-state index is -0.393. The highest BCUT2D eigenvalue weighted by atomic mass is 19.1. The number of guanidine groups is 1. The van der Waals surface area contributed by atoms with Gasteiger partial charge in [-0.3, -0.25) is 9.79 Å². The lowest BCUT2D eigenvalue weighted by molar-refractivity contribution is -0.128. The standard InChI is InChI=1S/C18H29FN4O2/c1-18(2,3)16(24)21-10-11-22-17(20-4)23(5)12-13-25-15-8-6-14(19)7-9-15/h6-9H,10-13H2,1-5H3,(H,20,22)(H,21,24). The van der Waals surface area contributed by atoms with E-state index >= 15 is 0 Å². The molecule has 1 rings (SSSR count). The van der Waals surface area contributed by atoms with E-state index in [2.05, 4.69) is 15.6 Å². The van der Waals surface area contributed by atoms with Gasteiger partial charge in [0.1, 0.15) is 18.2 Å². The highest BCUT2D eigenvalue weighted by molar-refractivity contribution is 5.81. The molecule has 7 heteroatoms. The average Bonchev–Trinajstić information content (AvgIpc) is 2.55. The van der Waals surface area contributed by atoms with E-state index in [9.17, 15) is 9.18 Å². The number of carbonyl (C=O) groups is 1. The molecule has 0 aliphatic heterocycles. The van der Waals surface area contributed by atoms with Crippen molar-refractivity contribution in [1.29, 1.82) is 0 Å². The predicted octanol–water partition coefficient (Wildman–Crippen LogP) is 1.87. The molecular formula is C18H29FN4O2. The minimum absolute atomic E-state index is 0.0188. The smallest absolute Gasteiger partial charge is 0.225 e. The van der Waals surface area contributed by atoms with Crippen LogP contribution in [0, 0.1) is 11.2 Å². The molecule has 0 radical (unpaired) electrons. The van der Waals surface area contributed by atoms with Crippen LogP contribution in [0.1, 0.15) is 20.8 Å². The van der Waals surface area contributed by atoms with Gasteiger partial charge in [-0.1, -0.05) is 20.8 Å². The summed E-state index contributed by atoms with van der Waals surface area (Å²) in [4.78, 5) is 17.9. The summed E-state index contributed by atoms with van der Waals surface area (Å²) in [5, 5.41) is 6.07. The number of nitrogens with one attached hydrogen (secondary N) is 2. The summed E-state index contributed by atoms with van der Waals surface area (Å²) in [6, 6.07) is 5.93. The molecule has 0 spiro atoms. The van der Waals surface area contributed by atoms with Crippen LogP contribution in [-0.2, 0) is 4.79 Å². The van der Waals surface area contributed by atoms with Crippen LogP contribution in [0.3, 0.4) is 0 Å². The third-order valence-electron chi connectivity index (χ3n) is 3.46. The van der Waals surface area contributed by atoms with Gasteiger partial charge in [-0.15, -0.1) is 0 Å². The van der Waals surface area contributed by atoms with Crippen LogP contribution < -0.4 is 15.4 Å². The zero-order valence-corrected chi connectivity index (χ0v) is 15.7. The maximum Gasteiger partial charge on any atom is 0.225 e. The van der Waals surface area contributed by atoms with Crippen molar-refractivity contribution in [3.63, 3.8) is 0 Å². The van der Waals surface area contributed by atoms with Crippen LogP contribution in [-0.4, -0.2) is 57.1 Å². The van der Waals surface area contributed by atoms with Crippen molar-refractivity contribution >= 4 is 11.9 Å². The zero-order valence-electron chi connectivity index (χ0n) is 15.7. The Hall–Kier alpha value is -2.31. The molecule has 6 nitrogen and oxygen atoms in total. The largest absolute Gasteiger partial charge is 0.492 e. The number of hydrogen-bond acceptors (Lipinski definition) is 3. The Labute approximate surface area is 149 Å². The van der Waals surface area contributed by atoms with E-state index in [-0.39, 0.29) is 11.7 Å². The fraction of sp³-hybridized carbons (Fsp3) is 0.556. The predicted molar refractivity (Wildman–Crippen MR) is 98.4 cm³/mol. The van der Waals surface area contributed by atoms with E-state index in [1.165, 1.54) is 12.1 Å². The highest BCUT2D eigenvalue weighted by Crippen LogP contribution is 2.12. The second-order valence-electron chi connectivity index (χ2n) is 6.70. The third kappa shape index (κ3) is 7.87. The van der Waals surface area contributed by atoms with Crippen molar-refractivity contribution in [2.24, 2.45) is 10.4 Å². The van der Waals surface area contributed by atoms with Crippen molar-refractivity contribution in [2.45, 2.75) is 20.8 Å². The van der Waals surface area contributed by atoms with Crippen molar-refractivity contribution < 1.29 is 13.9 Å². The van der Waals surface area contributed by atoms with Gasteiger partial charge in [0.25, 0.3) is 0 Å². The number of carbonyl (C=O) groups excluding carboxylic acids is 1. The van der Waals surface area contributed by atoms with Gasteiger partial charge in [-0.25, -0.2) is 4.39 Å². The van der Waals surface area contributed by atoms with Crippen molar-refractivity contribution in [3.05, 3.63) is 30.1 Å². The quantitative estimate of drug-likeness (QED) is 0.447. The molecule has 1 amide bonds. The summed E-state index contributed by atoms with van der Waals surface area (Å²) in [7, 11) is 3.60. The topological polar surface area (TPSA) is 66.0 Å². The molecule has 0 heterocycles. The number of nitrogens with zero attached hydrogens (tertiary/aromatic N) is 2. The Morgan fingerprint density at radius 1 is 1.20 bits per heavy atom. The maximum absolute atomic E-state index is 12.8. The number of amides is 1. The molecular weight excluding hydrogens is 323 g/mol. The van der Waals surface area contributed by atoms with Crippen LogP contribution in [0.2, 0.25) is 0 Å². The van der Waals surface area contributed by atoms with Gasteiger partial charge in [-0.2, -0.15) is 0 Å². The number of ether oxygens (including phenoxy) is 1. The third-order valence-corrected chi connectivity index (χ3v) is 3.46. The van der Waals surface area contributed by atoms with Crippen LogP contribution in [0.25, 0.3) is 0 Å². The molecule has 25 heavy (non-hydrogen) atoms. The Morgan fingerprint density at radius 2 is 1.80 bits per heavy atom. The summed E-state index contributed by atoms with van der Waals surface area (Å²) in [6.45, 7) is 7.80. The van der Waals surface area contributed by atoms with Crippen LogP contribution in [0.15, 0.2) is 29.3 Å². The number of benzene rings is 1. The Morgan fingerprint density at radius 3 is 2.36 bits per heavy atom. The molecule has 0 fully saturated rings. The number of halogens is 1. The van der Waals surface area contributed by atoms with E-state index in [0.717, 1.165) is 0 Å². The van der Waals surface area contributed by atoms with E-state index in [4.69, 9.17) is 4.74 Å². The summed E-state index contributed by atoms with van der Waals surface area (Å²) >= 11 is 0. The molecule has 0 aliphatic carbocycles. The molecule has 0 bridgehead atoms. The average molecular weight is 352 g/mol. The Bertz CT molecular complexity index is 567. The molecule has 140 valence electrons. The zero-order chi connectivity index (χ0) is 18.9. The second kappa shape index (κ2) is 9.86. The van der Waals surface area contributed by atoms with Crippen molar-refractivity contribution in [3.8, 4) is 5.75 Å². The second-order valence-corrected chi connectivity index (χ2v) is 6.70. The van der Waals surface area contributed by atoms with E-state index in [1.807, 2.05) is 32.7 Å². The summed E-state index contributed by atoms with van der Waals surface area (Å²) < 4.78 is 18.4. The molecule has 0 unspecified atom stereocenters. The first-order chi connectivity index (χ1) is 11.7. The number of hydrogen-bond donors (Lipinski definition) is 2. The van der Waals surface area contributed by atoms with Gasteiger partial charge in [0, 0.05) is 32.6 Å². The molecule has 0 saturated heterocycles. The fourth-order valence-corrected chi connectivity index (χ4v) is 1.94. The lowest BCUT2D eigenvalue weighted by Crippen LogP contribution is -2.45. The van der Waals surface area contributed by atoms with Gasteiger partial charge < -0.3 is 20.3 Å². The first-order valence-corrected chi connectivity index (χ1v) is 8.32. The fourth-order valence-electron chi connectivity index (χ4n) is 1.94. The van der Waals surface area contributed by atoms with Gasteiger partial charge in [-0.05, 0) is 24.3 Å². The van der Waals surface area contributed by atoms with Gasteiger partial charge in [0.05, 0.1) is 6.54 Å². The molecule has 0 saturated carbocycles. The van der Waals surface area contributed by atoms with Gasteiger partial charge in [0.15, 0.2) is 5.96 Å². The molecule has 1 aromatic carbocycles. The number of likely N-dealkylation sites (N-methyl/N-ethyl adjacent to an activating group) is 1.